The lowest BCUT2D eigenvalue weighted by atomic mass is 9.85. The van der Waals surface area contributed by atoms with Gasteiger partial charge in [0.2, 0.25) is 0 Å². The molecule has 0 saturated heterocycles. The van der Waals surface area contributed by atoms with Gasteiger partial charge in [-0.05, 0) is 36.5 Å². The van der Waals surface area contributed by atoms with Crippen LogP contribution in [0.25, 0.3) is 0 Å². The van der Waals surface area contributed by atoms with E-state index in [-0.39, 0.29) is 0 Å². The van der Waals surface area contributed by atoms with E-state index in [2.05, 4.69) is 28.8 Å². The predicted molar refractivity (Wildman–Crippen MR) is 53.7 cm³/mol. The van der Waals surface area contributed by atoms with Crippen molar-refractivity contribution in [3.63, 3.8) is 0 Å². The Labute approximate surface area is 78.3 Å². The Morgan fingerprint density at radius 3 is 3.31 bits per heavy atom. The summed E-state index contributed by atoms with van der Waals surface area (Å²) in [6.45, 7) is 0.918. The number of aryl methyl sites for hydroxylation is 1. The summed E-state index contributed by atoms with van der Waals surface area (Å²) in [6, 6.07) is 7.23. The van der Waals surface area contributed by atoms with Gasteiger partial charge in [0.1, 0.15) is 0 Å². The van der Waals surface area contributed by atoms with E-state index in [4.69, 9.17) is 0 Å². The SMILES string of the molecule is c1cc2c3c(c1)NCNC3CCC2. The molecule has 2 heteroatoms. The molecular formula is C11H14N2. The molecule has 1 aromatic rings. The largest absolute Gasteiger partial charge is 0.372 e. The van der Waals surface area contributed by atoms with E-state index in [9.17, 15) is 0 Å². The summed E-state index contributed by atoms with van der Waals surface area (Å²) in [4.78, 5) is 0. The van der Waals surface area contributed by atoms with Gasteiger partial charge in [-0.2, -0.15) is 0 Å². The molecule has 1 aliphatic carbocycles. The monoisotopic (exact) mass is 174 g/mol. The number of hydrogen-bond donors (Lipinski definition) is 2. The number of nitrogens with one attached hydrogen (secondary N) is 2. The summed E-state index contributed by atoms with van der Waals surface area (Å²) in [5.41, 5.74) is 4.41. The quantitative estimate of drug-likeness (QED) is 0.629. The number of rotatable bonds is 0. The van der Waals surface area contributed by atoms with Crippen molar-refractivity contribution in [2.75, 3.05) is 12.0 Å². The summed E-state index contributed by atoms with van der Waals surface area (Å²) in [5, 5.41) is 6.90. The van der Waals surface area contributed by atoms with E-state index in [0.29, 0.717) is 6.04 Å². The first-order valence-electron chi connectivity index (χ1n) is 5.04. The van der Waals surface area contributed by atoms with Crippen LogP contribution in [-0.2, 0) is 6.42 Å². The second-order valence-corrected chi connectivity index (χ2v) is 3.88. The molecule has 13 heavy (non-hydrogen) atoms. The molecule has 0 amide bonds. The maximum Gasteiger partial charge on any atom is 0.0657 e. The Bertz CT molecular complexity index is 305. The van der Waals surface area contributed by atoms with Crippen molar-refractivity contribution < 1.29 is 0 Å². The highest BCUT2D eigenvalue weighted by Gasteiger charge is 2.24. The molecule has 68 valence electrons. The van der Waals surface area contributed by atoms with Crippen molar-refractivity contribution in [3.8, 4) is 0 Å². The van der Waals surface area contributed by atoms with Gasteiger partial charge >= 0.3 is 0 Å². The van der Waals surface area contributed by atoms with Gasteiger partial charge in [0, 0.05) is 11.7 Å². The van der Waals surface area contributed by atoms with E-state index in [1.165, 1.54) is 36.1 Å². The Hall–Kier alpha value is -1.02. The van der Waals surface area contributed by atoms with Gasteiger partial charge < -0.3 is 5.32 Å². The van der Waals surface area contributed by atoms with Crippen LogP contribution in [0.4, 0.5) is 5.69 Å². The van der Waals surface area contributed by atoms with Gasteiger partial charge in [-0.1, -0.05) is 12.1 Å². The lowest BCUT2D eigenvalue weighted by Gasteiger charge is -2.33. The third-order valence-electron chi connectivity index (χ3n) is 3.11. The minimum Gasteiger partial charge on any atom is -0.372 e. The Morgan fingerprint density at radius 2 is 2.31 bits per heavy atom. The van der Waals surface area contributed by atoms with E-state index >= 15 is 0 Å². The van der Waals surface area contributed by atoms with Crippen LogP contribution in [0.3, 0.4) is 0 Å². The molecule has 2 aliphatic rings. The number of benzene rings is 1. The summed E-state index contributed by atoms with van der Waals surface area (Å²) in [6.07, 6.45) is 3.88. The highest BCUT2D eigenvalue weighted by Crippen LogP contribution is 2.36. The zero-order chi connectivity index (χ0) is 8.67. The second kappa shape index (κ2) is 2.74. The van der Waals surface area contributed by atoms with E-state index in [1.54, 1.807) is 0 Å². The fraction of sp³-hybridized carbons (Fsp3) is 0.455. The molecule has 1 heterocycles. The van der Waals surface area contributed by atoms with Crippen molar-refractivity contribution >= 4 is 5.69 Å². The molecule has 2 nitrogen and oxygen atoms in total. The van der Waals surface area contributed by atoms with E-state index < -0.39 is 0 Å². The van der Waals surface area contributed by atoms with Gasteiger partial charge in [0.25, 0.3) is 0 Å². The molecule has 2 N–H and O–H groups in total. The average molecular weight is 174 g/mol. The van der Waals surface area contributed by atoms with Crippen LogP contribution in [0.2, 0.25) is 0 Å². The third-order valence-corrected chi connectivity index (χ3v) is 3.11. The average Bonchev–Trinajstić information content (AvgIpc) is 2.19. The van der Waals surface area contributed by atoms with Gasteiger partial charge in [0.05, 0.1) is 6.67 Å². The van der Waals surface area contributed by atoms with E-state index in [1.807, 2.05) is 0 Å². The summed E-state index contributed by atoms with van der Waals surface area (Å²) >= 11 is 0. The van der Waals surface area contributed by atoms with Crippen LogP contribution in [0.15, 0.2) is 18.2 Å². The normalized spacial score (nSPS) is 24.8. The lowest BCUT2D eigenvalue weighted by Crippen LogP contribution is -2.35. The van der Waals surface area contributed by atoms with Crippen LogP contribution < -0.4 is 10.6 Å². The van der Waals surface area contributed by atoms with Crippen LogP contribution in [-0.4, -0.2) is 6.67 Å². The molecule has 1 aliphatic heterocycles. The maximum absolute atomic E-state index is 3.51. The lowest BCUT2D eigenvalue weighted by molar-refractivity contribution is 0.462. The predicted octanol–water partition coefficient (Wildman–Crippen LogP) is 2.04. The summed E-state index contributed by atoms with van der Waals surface area (Å²) in [5.74, 6) is 0. The maximum atomic E-state index is 3.51. The topological polar surface area (TPSA) is 24.1 Å². The van der Waals surface area contributed by atoms with Crippen molar-refractivity contribution in [2.45, 2.75) is 25.3 Å². The third kappa shape index (κ3) is 1.05. The highest BCUT2D eigenvalue weighted by molar-refractivity contribution is 5.58. The zero-order valence-corrected chi connectivity index (χ0v) is 7.64. The zero-order valence-electron chi connectivity index (χ0n) is 7.64. The van der Waals surface area contributed by atoms with Crippen LogP contribution in [0.5, 0.6) is 0 Å². The van der Waals surface area contributed by atoms with Crippen molar-refractivity contribution in [1.82, 2.24) is 5.32 Å². The standard InChI is InChI=1S/C11H14N2/c1-3-8-4-2-6-10-11(8)9(5-1)12-7-13-10/h1,3,5,10,12-13H,2,4,6-7H2. The fourth-order valence-corrected chi connectivity index (χ4v) is 2.51. The van der Waals surface area contributed by atoms with Gasteiger partial charge in [-0.3, -0.25) is 5.32 Å². The van der Waals surface area contributed by atoms with Crippen LogP contribution in [0.1, 0.15) is 30.0 Å². The van der Waals surface area contributed by atoms with E-state index in [0.717, 1.165) is 6.67 Å². The molecule has 1 unspecified atom stereocenters. The number of anilines is 1. The van der Waals surface area contributed by atoms with Crippen LogP contribution >= 0.6 is 0 Å². The number of hydrogen-bond acceptors (Lipinski definition) is 2. The van der Waals surface area contributed by atoms with Crippen LogP contribution in [0, 0.1) is 0 Å². The summed E-state index contributed by atoms with van der Waals surface area (Å²) < 4.78 is 0. The smallest absolute Gasteiger partial charge is 0.0657 e. The molecule has 0 spiro atoms. The highest BCUT2D eigenvalue weighted by atomic mass is 15.1. The van der Waals surface area contributed by atoms with Crippen molar-refractivity contribution in [3.05, 3.63) is 29.3 Å². The van der Waals surface area contributed by atoms with Gasteiger partial charge in [-0.25, -0.2) is 0 Å². The Balaban J connectivity index is 2.18. The molecule has 0 aromatic heterocycles. The molecule has 0 saturated carbocycles. The first-order chi connectivity index (χ1) is 6.45. The van der Waals surface area contributed by atoms with Crippen molar-refractivity contribution in [1.29, 1.82) is 0 Å². The molecule has 0 bridgehead atoms. The Kier molecular flexibility index (Phi) is 1.56. The first kappa shape index (κ1) is 7.39. The minimum absolute atomic E-state index is 0.612. The van der Waals surface area contributed by atoms with Crippen molar-refractivity contribution in [2.24, 2.45) is 0 Å². The molecular weight excluding hydrogens is 160 g/mol. The van der Waals surface area contributed by atoms with Gasteiger partial charge in [-0.15, -0.1) is 0 Å². The molecule has 1 aromatic carbocycles. The molecule has 3 rings (SSSR count). The fourth-order valence-electron chi connectivity index (χ4n) is 2.51. The summed E-state index contributed by atoms with van der Waals surface area (Å²) in [7, 11) is 0. The minimum atomic E-state index is 0.612. The Morgan fingerprint density at radius 1 is 1.31 bits per heavy atom. The first-order valence-corrected chi connectivity index (χ1v) is 5.04. The molecule has 1 atom stereocenters. The van der Waals surface area contributed by atoms with Gasteiger partial charge in [0.15, 0.2) is 0 Å². The second-order valence-electron chi connectivity index (χ2n) is 3.88. The molecule has 0 radical (unpaired) electrons. The molecule has 0 fully saturated rings.